The number of hydrogen-bond acceptors (Lipinski definition) is 5. The zero-order valence-corrected chi connectivity index (χ0v) is 10.3. The minimum Gasteiger partial charge on any atom is -0.505 e. The van der Waals surface area contributed by atoms with E-state index >= 15 is 0 Å². The molecule has 0 aromatic carbocycles. The molecule has 17 heavy (non-hydrogen) atoms. The van der Waals surface area contributed by atoms with Gasteiger partial charge in [-0.15, -0.1) is 11.3 Å². The highest BCUT2D eigenvalue weighted by molar-refractivity contribution is 7.17. The first-order valence-corrected chi connectivity index (χ1v) is 6.34. The molecular formula is C12H13NO3S. The molecule has 2 aromatic heterocycles. The summed E-state index contributed by atoms with van der Waals surface area (Å²) in [6.45, 7) is 2.37. The van der Waals surface area contributed by atoms with Crippen molar-refractivity contribution < 1.29 is 14.6 Å². The summed E-state index contributed by atoms with van der Waals surface area (Å²) in [5.41, 5.74) is -0.00740. The van der Waals surface area contributed by atoms with E-state index < -0.39 is 5.97 Å². The van der Waals surface area contributed by atoms with Crippen molar-refractivity contribution >= 4 is 27.4 Å². The Morgan fingerprint density at radius 2 is 2.41 bits per heavy atom. The van der Waals surface area contributed by atoms with Crippen LogP contribution in [0.3, 0.4) is 0 Å². The van der Waals surface area contributed by atoms with Gasteiger partial charge in [0.2, 0.25) is 0 Å². The van der Waals surface area contributed by atoms with Crippen molar-refractivity contribution in [3.8, 4) is 5.75 Å². The Balaban J connectivity index is 2.23. The third-order valence-electron chi connectivity index (χ3n) is 2.41. The molecule has 2 heterocycles. The molecule has 4 nitrogen and oxygen atoms in total. The minimum absolute atomic E-state index is 0.00740. The molecule has 0 aliphatic carbocycles. The number of unbranched alkanes of at least 4 members (excludes halogenated alkanes) is 1. The molecule has 0 bridgehead atoms. The average Bonchev–Trinajstić information content (AvgIpc) is 2.78. The van der Waals surface area contributed by atoms with Gasteiger partial charge in [-0.25, -0.2) is 9.78 Å². The molecule has 5 heteroatoms. The molecule has 0 atom stereocenters. The van der Waals surface area contributed by atoms with E-state index in [-0.39, 0.29) is 11.4 Å². The summed E-state index contributed by atoms with van der Waals surface area (Å²) in [6, 6.07) is 1.76. The van der Waals surface area contributed by atoms with E-state index in [1.807, 2.05) is 12.3 Å². The van der Waals surface area contributed by atoms with Gasteiger partial charge in [-0.2, -0.15) is 0 Å². The lowest BCUT2D eigenvalue weighted by atomic mass is 10.2. The molecular weight excluding hydrogens is 238 g/mol. The lowest BCUT2D eigenvalue weighted by molar-refractivity contribution is 0.0489. The molecule has 0 spiro atoms. The van der Waals surface area contributed by atoms with Crippen LogP contribution in [-0.4, -0.2) is 22.7 Å². The Morgan fingerprint density at radius 3 is 3.18 bits per heavy atom. The second kappa shape index (κ2) is 5.14. The van der Waals surface area contributed by atoms with Gasteiger partial charge < -0.3 is 9.84 Å². The Bertz CT molecular complexity index is 536. The molecule has 0 aliphatic rings. The largest absolute Gasteiger partial charge is 0.505 e. The number of nitrogens with zero attached hydrogens (tertiary/aromatic N) is 1. The Labute approximate surface area is 103 Å². The number of carbonyl (C=O) groups excluding carboxylic acids is 1. The van der Waals surface area contributed by atoms with Crippen LogP contribution in [0.5, 0.6) is 5.75 Å². The number of aromatic hydroxyl groups is 1. The maximum atomic E-state index is 11.7. The van der Waals surface area contributed by atoms with Gasteiger partial charge in [-0.05, 0) is 17.9 Å². The highest BCUT2D eigenvalue weighted by Crippen LogP contribution is 2.30. The first kappa shape index (κ1) is 11.9. The monoisotopic (exact) mass is 251 g/mol. The number of esters is 1. The molecule has 90 valence electrons. The van der Waals surface area contributed by atoms with Crippen molar-refractivity contribution in [1.82, 2.24) is 4.98 Å². The molecule has 0 saturated carbocycles. The molecule has 1 N–H and O–H groups in total. The van der Waals surface area contributed by atoms with Crippen molar-refractivity contribution in [3.63, 3.8) is 0 Å². The smallest absolute Gasteiger partial charge is 0.360 e. The SMILES string of the molecule is CCCCOC(=O)c1ncc2sccc2c1O. The van der Waals surface area contributed by atoms with Gasteiger partial charge in [-0.3, -0.25) is 0 Å². The summed E-state index contributed by atoms with van der Waals surface area (Å²) >= 11 is 1.47. The zero-order valence-electron chi connectivity index (χ0n) is 9.47. The second-order valence-electron chi connectivity index (χ2n) is 3.64. The molecule has 0 unspecified atom stereocenters. The topological polar surface area (TPSA) is 59.4 Å². The standard InChI is InChI=1S/C12H13NO3S/c1-2-3-5-16-12(15)10-11(14)8-4-6-17-9(8)7-13-10/h4,6-7,14H,2-3,5H2,1H3. The van der Waals surface area contributed by atoms with Gasteiger partial charge >= 0.3 is 5.97 Å². The van der Waals surface area contributed by atoms with Crippen molar-refractivity contribution in [2.45, 2.75) is 19.8 Å². The van der Waals surface area contributed by atoms with E-state index in [2.05, 4.69) is 4.98 Å². The normalized spacial score (nSPS) is 10.6. The maximum Gasteiger partial charge on any atom is 0.360 e. The molecule has 0 fully saturated rings. The van der Waals surface area contributed by atoms with E-state index in [9.17, 15) is 9.90 Å². The molecule has 0 amide bonds. The fourth-order valence-electron chi connectivity index (χ4n) is 1.46. The maximum absolute atomic E-state index is 11.7. The Kier molecular flexibility index (Phi) is 3.58. The Morgan fingerprint density at radius 1 is 1.59 bits per heavy atom. The van der Waals surface area contributed by atoms with E-state index in [1.54, 1.807) is 12.3 Å². The van der Waals surface area contributed by atoms with Crippen molar-refractivity contribution in [3.05, 3.63) is 23.3 Å². The summed E-state index contributed by atoms with van der Waals surface area (Å²) in [5.74, 6) is -0.658. The summed E-state index contributed by atoms with van der Waals surface area (Å²) in [7, 11) is 0. The first-order chi connectivity index (χ1) is 8.24. The number of thiophene rings is 1. The number of rotatable bonds is 4. The van der Waals surface area contributed by atoms with Crippen LogP contribution in [0.2, 0.25) is 0 Å². The third-order valence-corrected chi connectivity index (χ3v) is 3.26. The van der Waals surface area contributed by atoms with Crippen molar-refractivity contribution in [2.75, 3.05) is 6.61 Å². The summed E-state index contributed by atoms with van der Waals surface area (Å²) in [5, 5.41) is 12.4. The second-order valence-corrected chi connectivity index (χ2v) is 4.59. The number of fused-ring (bicyclic) bond motifs is 1. The number of carbonyl (C=O) groups is 1. The van der Waals surface area contributed by atoms with Gasteiger partial charge in [0.15, 0.2) is 11.4 Å². The van der Waals surface area contributed by atoms with E-state index in [0.29, 0.717) is 12.0 Å². The van der Waals surface area contributed by atoms with E-state index in [0.717, 1.165) is 17.5 Å². The van der Waals surface area contributed by atoms with Crippen LogP contribution in [0.15, 0.2) is 17.6 Å². The molecule has 0 saturated heterocycles. The van der Waals surface area contributed by atoms with Crippen LogP contribution in [0.4, 0.5) is 0 Å². The van der Waals surface area contributed by atoms with Gasteiger partial charge in [0.05, 0.1) is 11.3 Å². The summed E-state index contributed by atoms with van der Waals surface area (Å²) in [6.07, 6.45) is 3.35. The number of aromatic nitrogens is 1. The van der Waals surface area contributed by atoms with Crippen molar-refractivity contribution in [1.29, 1.82) is 0 Å². The first-order valence-electron chi connectivity index (χ1n) is 5.46. The van der Waals surface area contributed by atoms with Gasteiger partial charge in [0.1, 0.15) is 0 Å². The Hall–Kier alpha value is -1.62. The van der Waals surface area contributed by atoms with Crippen LogP contribution in [0.25, 0.3) is 10.1 Å². The van der Waals surface area contributed by atoms with Crippen molar-refractivity contribution in [2.24, 2.45) is 0 Å². The van der Waals surface area contributed by atoms with Crippen LogP contribution in [-0.2, 0) is 4.74 Å². The number of pyridine rings is 1. The van der Waals surface area contributed by atoms with E-state index in [1.165, 1.54) is 11.3 Å². The number of ether oxygens (including phenoxy) is 1. The van der Waals surface area contributed by atoms with E-state index in [4.69, 9.17) is 4.74 Å². The molecule has 2 aromatic rings. The lowest BCUT2D eigenvalue weighted by Crippen LogP contribution is -2.08. The minimum atomic E-state index is -0.566. The van der Waals surface area contributed by atoms with Crippen LogP contribution in [0.1, 0.15) is 30.3 Å². The predicted octanol–water partition coefficient (Wildman–Crippen LogP) is 2.96. The van der Waals surface area contributed by atoms with Gasteiger partial charge in [-0.1, -0.05) is 13.3 Å². The quantitative estimate of drug-likeness (QED) is 0.670. The highest BCUT2D eigenvalue weighted by atomic mass is 32.1. The van der Waals surface area contributed by atoms with Crippen LogP contribution >= 0.6 is 11.3 Å². The zero-order chi connectivity index (χ0) is 12.3. The van der Waals surface area contributed by atoms with Gasteiger partial charge in [0, 0.05) is 11.6 Å². The fourth-order valence-corrected chi connectivity index (χ4v) is 2.21. The average molecular weight is 251 g/mol. The molecule has 0 aliphatic heterocycles. The summed E-state index contributed by atoms with van der Waals surface area (Å²) in [4.78, 5) is 15.6. The van der Waals surface area contributed by atoms with Gasteiger partial charge in [0.25, 0.3) is 0 Å². The predicted molar refractivity (Wildman–Crippen MR) is 66.5 cm³/mol. The molecule has 2 rings (SSSR count). The fraction of sp³-hybridized carbons (Fsp3) is 0.333. The van der Waals surface area contributed by atoms with Crippen LogP contribution < -0.4 is 0 Å². The lowest BCUT2D eigenvalue weighted by Gasteiger charge is -2.05. The summed E-state index contributed by atoms with van der Waals surface area (Å²) < 4.78 is 5.87. The molecule has 0 radical (unpaired) electrons. The van der Waals surface area contributed by atoms with Crippen LogP contribution in [0, 0.1) is 0 Å². The number of hydrogen-bond donors (Lipinski definition) is 1. The third kappa shape index (κ3) is 2.39. The highest BCUT2D eigenvalue weighted by Gasteiger charge is 2.17.